The number of fused-ring (bicyclic) bond motifs is 2. The third kappa shape index (κ3) is 2.02. The lowest BCUT2D eigenvalue weighted by Crippen LogP contribution is -2.36. The first-order valence-electron chi connectivity index (χ1n) is 7.46. The Morgan fingerprint density at radius 2 is 1.58 bits per heavy atom. The Morgan fingerprint density at radius 1 is 0.917 bits per heavy atom. The second-order valence-corrected chi connectivity index (χ2v) is 5.66. The molecule has 2 aromatic carbocycles. The Hall–Kier alpha value is -3.34. The number of benzene rings is 2. The fraction of sp³-hybridized carbons (Fsp3) is 0.0526. The van der Waals surface area contributed by atoms with Gasteiger partial charge in [0.25, 0.3) is 17.7 Å². The molecule has 3 aromatic rings. The van der Waals surface area contributed by atoms with Gasteiger partial charge in [-0.25, -0.2) is 4.90 Å². The quantitative estimate of drug-likeness (QED) is 0.647. The first-order valence-corrected chi connectivity index (χ1v) is 7.46. The van der Waals surface area contributed by atoms with Crippen LogP contribution in [0.1, 0.15) is 36.8 Å². The fourth-order valence-electron chi connectivity index (χ4n) is 2.86. The highest BCUT2D eigenvalue weighted by molar-refractivity contribution is 6.31. The summed E-state index contributed by atoms with van der Waals surface area (Å²) in [5.74, 6) is -1.78. The Morgan fingerprint density at radius 3 is 2.25 bits per heavy atom. The van der Waals surface area contributed by atoms with Crippen molar-refractivity contribution in [3.63, 3.8) is 0 Å². The van der Waals surface area contributed by atoms with Crippen molar-refractivity contribution in [3.05, 3.63) is 77.0 Å². The van der Waals surface area contributed by atoms with Crippen molar-refractivity contribution in [3.8, 4) is 0 Å². The van der Waals surface area contributed by atoms with Crippen LogP contribution < -0.4 is 0 Å². The maximum Gasteiger partial charge on any atom is 0.268 e. The number of rotatable bonds is 1. The summed E-state index contributed by atoms with van der Waals surface area (Å²) in [6.45, 7) is 1.89. The maximum atomic E-state index is 12.7. The van der Waals surface area contributed by atoms with Gasteiger partial charge in [-0.15, -0.1) is 0 Å². The van der Waals surface area contributed by atoms with Crippen molar-refractivity contribution >= 4 is 28.6 Å². The van der Waals surface area contributed by atoms with Gasteiger partial charge >= 0.3 is 0 Å². The zero-order chi connectivity index (χ0) is 16.8. The predicted octanol–water partition coefficient (Wildman–Crippen LogP) is 2.98. The molecule has 0 saturated heterocycles. The number of hydrogen-bond acceptors (Lipinski definition) is 4. The van der Waals surface area contributed by atoms with Gasteiger partial charge in [-0.3, -0.25) is 19.4 Å². The molecule has 0 bridgehead atoms. The summed E-state index contributed by atoms with van der Waals surface area (Å²) < 4.78 is 0. The van der Waals surface area contributed by atoms with E-state index in [0.717, 1.165) is 16.6 Å². The van der Waals surface area contributed by atoms with Crippen molar-refractivity contribution in [1.29, 1.82) is 0 Å². The SMILES string of the molecule is Cc1ccc2cc(C(=O)N3C(=O)c4ccccc4C3=O)ccc2n1. The molecule has 1 aromatic heterocycles. The molecule has 0 unspecified atom stereocenters. The highest BCUT2D eigenvalue weighted by Crippen LogP contribution is 2.25. The Balaban J connectivity index is 1.76. The van der Waals surface area contributed by atoms with E-state index < -0.39 is 17.7 Å². The number of aryl methyl sites for hydroxylation is 1. The average molecular weight is 316 g/mol. The Bertz CT molecular complexity index is 1000. The van der Waals surface area contributed by atoms with Gasteiger partial charge in [0, 0.05) is 16.6 Å². The van der Waals surface area contributed by atoms with Gasteiger partial charge in [-0.05, 0) is 43.3 Å². The first kappa shape index (κ1) is 14.3. The fourth-order valence-corrected chi connectivity index (χ4v) is 2.86. The molecule has 5 nitrogen and oxygen atoms in total. The minimum atomic E-state index is -0.622. The average Bonchev–Trinajstić information content (AvgIpc) is 2.85. The van der Waals surface area contributed by atoms with E-state index in [4.69, 9.17) is 0 Å². The zero-order valence-electron chi connectivity index (χ0n) is 12.8. The van der Waals surface area contributed by atoms with Crippen LogP contribution in [0.4, 0.5) is 0 Å². The number of carbonyl (C=O) groups is 3. The van der Waals surface area contributed by atoms with E-state index in [1.165, 1.54) is 0 Å². The van der Waals surface area contributed by atoms with Gasteiger partial charge in [-0.2, -0.15) is 0 Å². The predicted molar refractivity (Wildman–Crippen MR) is 87.8 cm³/mol. The smallest absolute Gasteiger partial charge is 0.268 e. The molecule has 116 valence electrons. The summed E-state index contributed by atoms with van der Waals surface area (Å²) >= 11 is 0. The number of pyridine rings is 1. The van der Waals surface area contributed by atoms with Gasteiger partial charge in [0.15, 0.2) is 0 Å². The summed E-state index contributed by atoms with van der Waals surface area (Å²) in [6.07, 6.45) is 0. The molecule has 24 heavy (non-hydrogen) atoms. The number of nitrogens with zero attached hydrogens (tertiary/aromatic N) is 2. The summed E-state index contributed by atoms with van der Waals surface area (Å²) in [4.78, 5) is 42.6. The normalized spacial score (nSPS) is 13.5. The minimum absolute atomic E-state index is 0.258. The van der Waals surface area contributed by atoms with Gasteiger partial charge in [0.2, 0.25) is 0 Å². The molecule has 3 amide bonds. The van der Waals surface area contributed by atoms with Crippen molar-refractivity contribution in [2.24, 2.45) is 0 Å². The Kier molecular flexibility index (Phi) is 3.03. The van der Waals surface area contributed by atoms with Gasteiger partial charge < -0.3 is 0 Å². The maximum absolute atomic E-state index is 12.7. The molecule has 1 aliphatic rings. The third-order valence-electron chi connectivity index (χ3n) is 4.07. The lowest BCUT2D eigenvalue weighted by atomic mass is 10.1. The highest BCUT2D eigenvalue weighted by Gasteiger charge is 2.39. The number of carbonyl (C=O) groups excluding carboxylic acids is 3. The molecule has 0 atom stereocenters. The molecule has 4 rings (SSSR count). The van der Waals surface area contributed by atoms with Gasteiger partial charge in [0.05, 0.1) is 16.6 Å². The van der Waals surface area contributed by atoms with Crippen LogP contribution in [0.2, 0.25) is 0 Å². The molecule has 0 radical (unpaired) electrons. The molecule has 0 aliphatic carbocycles. The van der Waals surface area contributed by atoms with Gasteiger partial charge in [0.1, 0.15) is 0 Å². The van der Waals surface area contributed by atoms with E-state index in [0.29, 0.717) is 4.90 Å². The molecular weight excluding hydrogens is 304 g/mol. The second-order valence-electron chi connectivity index (χ2n) is 5.66. The van der Waals surface area contributed by atoms with Crippen LogP contribution in [0.25, 0.3) is 10.9 Å². The number of aromatic nitrogens is 1. The third-order valence-corrected chi connectivity index (χ3v) is 4.07. The van der Waals surface area contributed by atoms with Crippen LogP contribution in [0.3, 0.4) is 0 Å². The van der Waals surface area contributed by atoms with Crippen molar-refractivity contribution < 1.29 is 14.4 Å². The zero-order valence-corrected chi connectivity index (χ0v) is 12.8. The molecule has 0 saturated carbocycles. The second kappa shape index (κ2) is 5.09. The summed E-state index contributed by atoms with van der Waals surface area (Å²) in [5, 5.41) is 0.781. The number of imide groups is 3. The van der Waals surface area contributed by atoms with Gasteiger partial charge in [-0.1, -0.05) is 18.2 Å². The van der Waals surface area contributed by atoms with E-state index in [-0.39, 0.29) is 16.7 Å². The van der Waals surface area contributed by atoms with Crippen LogP contribution in [0.15, 0.2) is 54.6 Å². The van der Waals surface area contributed by atoms with Crippen LogP contribution in [-0.4, -0.2) is 27.6 Å². The summed E-state index contributed by atoms with van der Waals surface area (Å²) in [7, 11) is 0. The van der Waals surface area contributed by atoms with E-state index in [9.17, 15) is 14.4 Å². The Labute approximate surface area is 137 Å². The molecule has 0 fully saturated rings. The van der Waals surface area contributed by atoms with Crippen LogP contribution in [0, 0.1) is 6.92 Å². The van der Waals surface area contributed by atoms with E-state index in [2.05, 4.69) is 4.98 Å². The van der Waals surface area contributed by atoms with Crippen LogP contribution >= 0.6 is 0 Å². The van der Waals surface area contributed by atoms with Crippen LogP contribution in [0.5, 0.6) is 0 Å². The first-order chi connectivity index (χ1) is 11.6. The summed E-state index contributed by atoms with van der Waals surface area (Å²) in [6, 6.07) is 15.1. The standard InChI is InChI=1S/C19H12N2O3/c1-11-6-7-12-10-13(8-9-16(12)20-11)17(22)21-18(23)14-4-2-3-5-15(14)19(21)24/h2-10H,1H3. The highest BCUT2D eigenvalue weighted by atomic mass is 16.2. The molecular formula is C19H12N2O3. The minimum Gasteiger partial charge on any atom is -0.268 e. The van der Waals surface area contributed by atoms with E-state index >= 15 is 0 Å². The largest absolute Gasteiger partial charge is 0.268 e. The number of hydrogen-bond donors (Lipinski definition) is 0. The topological polar surface area (TPSA) is 67.3 Å². The van der Waals surface area contributed by atoms with Crippen molar-refractivity contribution in [2.75, 3.05) is 0 Å². The van der Waals surface area contributed by atoms with Crippen molar-refractivity contribution in [1.82, 2.24) is 9.88 Å². The molecule has 2 heterocycles. The molecule has 0 spiro atoms. The molecule has 1 aliphatic heterocycles. The lowest BCUT2D eigenvalue weighted by molar-refractivity contribution is 0.0566. The molecule has 0 N–H and O–H groups in total. The van der Waals surface area contributed by atoms with E-state index in [1.54, 1.807) is 42.5 Å². The molecule has 5 heteroatoms. The monoisotopic (exact) mass is 316 g/mol. The number of amides is 3. The lowest BCUT2D eigenvalue weighted by Gasteiger charge is -2.12. The van der Waals surface area contributed by atoms with E-state index in [1.807, 2.05) is 19.1 Å². The summed E-state index contributed by atoms with van der Waals surface area (Å²) in [5.41, 5.74) is 2.43. The van der Waals surface area contributed by atoms with Crippen LogP contribution in [-0.2, 0) is 0 Å². The van der Waals surface area contributed by atoms with Crippen molar-refractivity contribution in [2.45, 2.75) is 6.92 Å².